The van der Waals surface area contributed by atoms with Crippen LogP contribution in [0.25, 0.3) is 10.8 Å². The number of hydrogen-bond acceptors (Lipinski definition) is 5. The minimum atomic E-state index is -1.56. The third kappa shape index (κ3) is 4.86. The minimum absolute atomic E-state index is 0.000602. The second-order valence-corrected chi connectivity index (χ2v) is 9.24. The molecule has 0 saturated heterocycles. The monoisotopic (exact) mass is 449 g/mol. The van der Waals surface area contributed by atoms with E-state index in [1.54, 1.807) is 6.08 Å². The fraction of sp³-hybridized carbons (Fsp3) is 0.444. The van der Waals surface area contributed by atoms with Gasteiger partial charge in [-0.3, -0.25) is 14.9 Å². The molecule has 0 amide bonds. The van der Waals surface area contributed by atoms with Gasteiger partial charge >= 0.3 is 5.97 Å². The van der Waals surface area contributed by atoms with Gasteiger partial charge in [-0.15, -0.1) is 0 Å². The zero-order valence-corrected chi connectivity index (χ0v) is 19.2. The Hall–Kier alpha value is -2.99. The van der Waals surface area contributed by atoms with E-state index >= 15 is 0 Å². The number of carbonyl (C=O) groups excluding carboxylic acids is 1. The van der Waals surface area contributed by atoms with Crippen LogP contribution in [0.15, 0.2) is 66.3 Å². The lowest BCUT2D eigenvalue weighted by Gasteiger charge is -2.36. The molecule has 2 aliphatic carbocycles. The molecule has 4 rings (SSSR count). The molecule has 2 aliphatic rings. The average molecular weight is 450 g/mol. The summed E-state index contributed by atoms with van der Waals surface area (Å²) in [6.45, 7) is 2.24. The summed E-state index contributed by atoms with van der Waals surface area (Å²) in [7, 11) is 1.35. The number of nitrogens with zero attached hydrogens (tertiary/aromatic N) is 1. The maximum absolute atomic E-state index is 12.8. The van der Waals surface area contributed by atoms with Gasteiger partial charge in [-0.1, -0.05) is 49.4 Å². The van der Waals surface area contributed by atoms with Crippen LogP contribution in [0.3, 0.4) is 0 Å². The number of esters is 1. The number of rotatable bonds is 7. The molecule has 174 valence electrons. The smallest absolute Gasteiger partial charge is 0.305 e. The molecule has 2 atom stereocenters. The number of allylic oxidation sites excluding steroid dienone is 2. The lowest BCUT2D eigenvalue weighted by molar-refractivity contribution is -0.576. The molecule has 0 spiro atoms. The molecule has 0 aliphatic heterocycles. The van der Waals surface area contributed by atoms with Crippen molar-refractivity contribution in [2.45, 2.75) is 63.2 Å². The summed E-state index contributed by atoms with van der Waals surface area (Å²) < 4.78 is 11.2. The highest BCUT2D eigenvalue weighted by Gasteiger charge is 2.52. The molecule has 0 heterocycles. The van der Waals surface area contributed by atoms with Crippen LogP contribution in [0.5, 0.6) is 0 Å². The first-order chi connectivity index (χ1) is 15.9. The number of fused-ring (bicyclic) bond motifs is 1. The number of nitro groups is 1. The summed E-state index contributed by atoms with van der Waals surface area (Å²) in [4.78, 5) is 24.3. The lowest BCUT2D eigenvalue weighted by atomic mass is 9.78. The zero-order valence-electron chi connectivity index (χ0n) is 19.2. The van der Waals surface area contributed by atoms with E-state index in [9.17, 15) is 14.9 Å². The first-order valence-electron chi connectivity index (χ1n) is 11.7. The van der Waals surface area contributed by atoms with Crippen molar-refractivity contribution in [2.75, 3.05) is 7.11 Å². The number of methoxy groups -OCH3 is 1. The van der Waals surface area contributed by atoms with E-state index in [-0.39, 0.29) is 23.4 Å². The van der Waals surface area contributed by atoms with E-state index in [2.05, 4.69) is 6.92 Å². The fourth-order valence-electron chi connectivity index (χ4n) is 4.94. The van der Waals surface area contributed by atoms with Crippen molar-refractivity contribution < 1.29 is 19.2 Å². The maximum atomic E-state index is 12.8. The van der Waals surface area contributed by atoms with Gasteiger partial charge in [0, 0.05) is 23.0 Å². The van der Waals surface area contributed by atoms with Gasteiger partial charge in [0.1, 0.15) is 0 Å². The number of benzene rings is 2. The van der Waals surface area contributed by atoms with E-state index in [4.69, 9.17) is 9.47 Å². The van der Waals surface area contributed by atoms with Gasteiger partial charge in [-0.05, 0) is 66.5 Å². The summed E-state index contributed by atoms with van der Waals surface area (Å²) in [6, 6.07) is 13.5. The van der Waals surface area contributed by atoms with Crippen molar-refractivity contribution in [1.29, 1.82) is 0 Å². The van der Waals surface area contributed by atoms with Crippen LogP contribution in [0.4, 0.5) is 0 Å². The van der Waals surface area contributed by atoms with Crippen molar-refractivity contribution >= 4 is 16.7 Å². The SMILES string of the molecule is COC(=O)CCC1=CC(c2ccc3ccccc3c2)([N+](=O)[O-])C(O[C@H]2CC[C@H](C)CC2)C=C1. The second kappa shape index (κ2) is 9.87. The highest BCUT2D eigenvalue weighted by atomic mass is 16.6. The van der Waals surface area contributed by atoms with Gasteiger partial charge in [-0.2, -0.15) is 0 Å². The molecule has 0 N–H and O–H groups in total. The fourth-order valence-corrected chi connectivity index (χ4v) is 4.94. The van der Waals surface area contributed by atoms with Crippen molar-refractivity contribution in [1.82, 2.24) is 0 Å². The first-order valence-corrected chi connectivity index (χ1v) is 11.7. The maximum Gasteiger partial charge on any atom is 0.305 e. The molecule has 1 fully saturated rings. The molecule has 0 aromatic heterocycles. The normalized spacial score (nSPS) is 27.2. The molecule has 2 aromatic rings. The largest absolute Gasteiger partial charge is 0.469 e. The van der Waals surface area contributed by atoms with Gasteiger partial charge in [-0.25, -0.2) is 0 Å². The molecule has 2 unspecified atom stereocenters. The van der Waals surface area contributed by atoms with E-state index in [1.807, 2.05) is 54.6 Å². The molecule has 0 bridgehead atoms. The highest BCUT2D eigenvalue weighted by molar-refractivity contribution is 5.83. The third-order valence-electron chi connectivity index (χ3n) is 6.99. The van der Waals surface area contributed by atoms with Crippen LogP contribution in [0, 0.1) is 16.0 Å². The first kappa shape index (κ1) is 23.2. The summed E-state index contributed by atoms with van der Waals surface area (Å²) >= 11 is 0. The third-order valence-corrected chi connectivity index (χ3v) is 6.99. The second-order valence-electron chi connectivity index (χ2n) is 9.24. The van der Waals surface area contributed by atoms with Gasteiger partial charge in [0.05, 0.1) is 13.2 Å². The van der Waals surface area contributed by atoms with Gasteiger partial charge in [0.25, 0.3) is 5.54 Å². The molecule has 6 heteroatoms. The predicted molar refractivity (Wildman–Crippen MR) is 127 cm³/mol. The van der Waals surface area contributed by atoms with Crippen LogP contribution in [-0.4, -0.2) is 30.2 Å². The van der Waals surface area contributed by atoms with E-state index in [1.165, 1.54) is 7.11 Å². The Morgan fingerprint density at radius 1 is 1.12 bits per heavy atom. The van der Waals surface area contributed by atoms with E-state index in [0.29, 0.717) is 17.9 Å². The van der Waals surface area contributed by atoms with Gasteiger partial charge in [0.2, 0.25) is 0 Å². The summed E-state index contributed by atoms with van der Waals surface area (Å²) in [5.74, 6) is 0.328. The number of carbonyl (C=O) groups is 1. The van der Waals surface area contributed by atoms with Gasteiger partial charge < -0.3 is 9.47 Å². The molecule has 0 radical (unpaired) electrons. The minimum Gasteiger partial charge on any atom is -0.469 e. The van der Waals surface area contributed by atoms with Crippen molar-refractivity contribution in [3.05, 3.63) is 81.9 Å². The van der Waals surface area contributed by atoms with Crippen LogP contribution < -0.4 is 0 Å². The molecule has 33 heavy (non-hydrogen) atoms. The Balaban J connectivity index is 1.74. The molecule has 6 nitrogen and oxygen atoms in total. The summed E-state index contributed by atoms with van der Waals surface area (Å²) in [5.41, 5.74) is -0.240. The van der Waals surface area contributed by atoms with E-state index < -0.39 is 11.6 Å². The zero-order chi connectivity index (χ0) is 23.4. The number of hydrogen-bond donors (Lipinski definition) is 0. The summed E-state index contributed by atoms with van der Waals surface area (Å²) in [5, 5.41) is 14.8. The Bertz CT molecular complexity index is 1080. The van der Waals surface area contributed by atoms with Crippen molar-refractivity contribution in [3.8, 4) is 0 Å². The van der Waals surface area contributed by atoms with Crippen molar-refractivity contribution in [3.63, 3.8) is 0 Å². The van der Waals surface area contributed by atoms with Crippen LogP contribution >= 0.6 is 0 Å². The highest BCUT2D eigenvalue weighted by Crippen LogP contribution is 2.41. The average Bonchev–Trinajstić information content (AvgIpc) is 2.84. The van der Waals surface area contributed by atoms with Crippen LogP contribution in [0.1, 0.15) is 51.0 Å². The molecular weight excluding hydrogens is 418 g/mol. The van der Waals surface area contributed by atoms with Crippen LogP contribution in [-0.2, 0) is 19.8 Å². The lowest BCUT2D eigenvalue weighted by Crippen LogP contribution is -2.48. The Labute approximate surface area is 194 Å². The van der Waals surface area contributed by atoms with Crippen LogP contribution in [0.2, 0.25) is 0 Å². The van der Waals surface area contributed by atoms with Gasteiger partial charge in [0.15, 0.2) is 6.10 Å². The quantitative estimate of drug-likeness (QED) is 0.307. The Morgan fingerprint density at radius 3 is 2.55 bits per heavy atom. The molecular formula is C27H31NO5. The topological polar surface area (TPSA) is 78.7 Å². The Morgan fingerprint density at radius 2 is 1.85 bits per heavy atom. The predicted octanol–water partition coefficient (Wildman–Crippen LogP) is 5.73. The van der Waals surface area contributed by atoms with E-state index in [0.717, 1.165) is 42.0 Å². The molecule has 2 aromatic carbocycles. The molecule has 1 saturated carbocycles. The standard InChI is InChI=1S/C27H31NO5/c1-19-7-13-24(14-8-19)33-25-15-9-20(10-16-26(29)32-2)18-27(25,28(30)31)23-12-11-21-5-3-4-6-22(21)17-23/h3-6,9,11-12,15,17-19,24-25H,7-8,10,13-14,16H2,1-2H3/t19-,24-,25?,27?. The Kier molecular flexibility index (Phi) is 6.94. The van der Waals surface area contributed by atoms with Crippen molar-refractivity contribution in [2.24, 2.45) is 5.92 Å². The number of ether oxygens (including phenoxy) is 2. The summed E-state index contributed by atoms with van der Waals surface area (Å²) in [6.07, 6.45) is 9.15.